The number of aliphatic hydroxyl groups excluding tert-OH is 1. The summed E-state index contributed by atoms with van der Waals surface area (Å²) in [6.07, 6.45) is 4.93. The molecule has 2 aromatic heterocycles. The van der Waals surface area contributed by atoms with Gasteiger partial charge in [0.25, 0.3) is 0 Å². The van der Waals surface area contributed by atoms with Gasteiger partial charge in [0.1, 0.15) is 46.5 Å². The van der Waals surface area contributed by atoms with Gasteiger partial charge in [-0.2, -0.15) is 10.5 Å². The van der Waals surface area contributed by atoms with Gasteiger partial charge in [-0.05, 0) is 72.8 Å². The zero-order valence-electron chi connectivity index (χ0n) is 25.8. The van der Waals surface area contributed by atoms with Gasteiger partial charge < -0.3 is 23.7 Å². The summed E-state index contributed by atoms with van der Waals surface area (Å²) >= 11 is 19.3. The average molecular weight is 835 g/mol. The van der Waals surface area contributed by atoms with E-state index in [1.54, 1.807) is 41.0 Å². The maximum atomic E-state index is 12.4. The number of ketones is 1. The van der Waals surface area contributed by atoms with E-state index in [0.29, 0.717) is 55.6 Å². The van der Waals surface area contributed by atoms with Crippen LogP contribution in [-0.2, 0) is 13.1 Å². The van der Waals surface area contributed by atoms with Crippen molar-refractivity contribution in [1.82, 2.24) is 19.1 Å². The summed E-state index contributed by atoms with van der Waals surface area (Å²) in [7, 11) is 0. The minimum absolute atomic E-state index is 0.00444. The maximum absolute atomic E-state index is 12.4. The van der Waals surface area contributed by atoms with Crippen LogP contribution in [0.25, 0.3) is 0 Å². The van der Waals surface area contributed by atoms with Gasteiger partial charge in [-0.3, -0.25) is 4.79 Å². The van der Waals surface area contributed by atoms with Crippen molar-refractivity contribution in [3.63, 3.8) is 0 Å². The lowest BCUT2D eigenvalue weighted by Crippen LogP contribution is -2.11. The minimum atomic E-state index is -0.865. The number of nitrogens with zero attached hydrogens (tertiary/aromatic N) is 6. The van der Waals surface area contributed by atoms with E-state index in [9.17, 15) is 9.90 Å². The van der Waals surface area contributed by atoms with Crippen LogP contribution in [0.1, 0.15) is 33.4 Å². The average Bonchev–Trinajstić information content (AvgIpc) is 3.76. The van der Waals surface area contributed by atoms with Crippen molar-refractivity contribution < 1.29 is 19.4 Å². The van der Waals surface area contributed by atoms with Crippen molar-refractivity contribution >= 4 is 60.8 Å². The van der Waals surface area contributed by atoms with Crippen LogP contribution in [0.3, 0.4) is 0 Å². The molecule has 14 heteroatoms. The second-order valence-corrected chi connectivity index (χ2v) is 13.1. The Morgan fingerprint density at radius 2 is 1.22 bits per heavy atom. The number of hydrogen-bond donors (Lipinski definition) is 1. The molecule has 1 unspecified atom stereocenters. The van der Waals surface area contributed by atoms with E-state index in [4.69, 9.17) is 43.2 Å². The van der Waals surface area contributed by atoms with E-state index < -0.39 is 6.10 Å². The molecular formula is C36H24Br2Cl2N6O4. The predicted molar refractivity (Wildman–Crippen MR) is 195 cm³/mol. The van der Waals surface area contributed by atoms with Crippen LogP contribution in [0.15, 0.2) is 119 Å². The van der Waals surface area contributed by atoms with E-state index in [-0.39, 0.29) is 18.9 Å². The minimum Gasteiger partial charge on any atom is -0.457 e. The number of nitriles is 2. The lowest BCUT2D eigenvalue weighted by molar-refractivity contribution is 0.0972. The number of benzene rings is 4. The van der Waals surface area contributed by atoms with Gasteiger partial charge in [0.15, 0.2) is 5.78 Å². The highest BCUT2D eigenvalue weighted by atomic mass is 79.9. The zero-order chi connectivity index (χ0) is 35.6. The Morgan fingerprint density at radius 1 is 0.740 bits per heavy atom. The number of halogens is 4. The molecule has 0 saturated heterocycles. The number of ether oxygens (including phenoxy) is 2. The van der Waals surface area contributed by atoms with Crippen molar-refractivity contribution in [2.24, 2.45) is 0 Å². The molecule has 1 atom stereocenters. The van der Waals surface area contributed by atoms with Gasteiger partial charge >= 0.3 is 0 Å². The highest BCUT2D eigenvalue weighted by Crippen LogP contribution is 2.32. The van der Waals surface area contributed by atoms with Gasteiger partial charge in [0, 0.05) is 26.1 Å². The molecule has 250 valence electrons. The first-order valence-corrected chi connectivity index (χ1v) is 16.9. The Morgan fingerprint density at radius 3 is 1.74 bits per heavy atom. The van der Waals surface area contributed by atoms with Crippen molar-refractivity contribution in [3.8, 4) is 35.1 Å². The molecule has 0 aliphatic rings. The molecule has 1 N–H and O–H groups in total. The molecule has 4 aromatic carbocycles. The molecule has 0 saturated carbocycles. The topological polar surface area (TPSA) is 139 Å². The third-order valence-electron chi connectivity index (χ3n) is 7.01. The molecule has 0 radical (unpaired) electrons. The number of Topliss-reactive ketones (excluding diaryl/α,β-unsaturated/α-hetero) is 1. The summed E-state index contributed by atoms with van der Waals surface area (Å²) in [6, 6.07) is 28.8. The molecule has 0 fully saturated rings. The fourth-order valence-electron chi connectivity index (χ4n) is 4.53. The third-order valence-corrected chi connectivity index (χ3v) is 8.71. The Hall–Kier alpha value is -4.95. The van der Waals surface area contributed by atoms with Crippen molar-refractivity contribution in [3.05, 3.63) is 151 Å². The van der Waals surface area contributed by atoms with Crippen LogP contribution < -0.4 is 9.47 Å². The highest BCUT2D eigenvalue weighted by Gasteiger charge is 2.16. The van der Waals surface area contributed by atoms with E-state index >= 15 is 0 Å². The van der Waals surface area contributed by atoms with E-state index in [0.717, 1.165) is 8.95 Å². The van der Waals surface area contributed by atoms with Gasteiger partial charge in [0.05, 0.1) is 54.3 Å². The Bertz CT molecular complexity index is 2190. The number of hydrogen-bond acceptors (Lipinski definition) is 8. The lowest BCUT2D eigenvalue weighted by atomic mass is 10.1. The Balaban J connectivity index is 0.000000194. The van der Waals surface area contributed by atoms with Crippen molar-refractivity contribution in [2.45, 2.75) is 19.2 Å². The van der Waals surface area contributed by atoms with Gasteiger partial charge in [-0.1, -0.05) is 61.1 Å². The molecule has 10 nitrogen and oxygen atoms in total. The van der Waals surface area contributed by atoms with Crippen LogP contribution in [0.2, 0.25) is 10.0 Å². The molecule has 50 heavy (non-hydrogen) atoms. The maximum Gasteiger partial charge on any atom is 0.184 e. The summed E-state index contributed by atoms with van der Waals surface area (Å²) in [4.78, 5) is 20.2. The summed E-state index contributed by atoms with van der Waals surface area (Å²) in [5.41, 5.74) is 1.62. The second kappa shape index (κ2) is 17.1. The first kappa shape index (κ1) is 36.3. The van der Waals surface area contributed by atoms with E-state index in [1.165, 1.54) is 29.6 Å². The predicted octanol–water partition coefficient (Wildman–Crippen LogP) is 9.54. The number of imidazole rings is 2. The van der Waals surface area contributed by atoms with E-state index in [1.807, 2.05) is 60.7 Å². The third kappa shape index (κ3) is 9.60. The first-order chi connectivity index (χ1) is 24.1. The molecule has 0 bridgehead atoms. The number of aromatic nitrogens is 4. The Labute approximate surface area is 313 Å². The molecule has 6 aromatic rings. The molecule has 0 aliphatic heterocycles. The largest absolute Gasteiger partial charge is 0.457 e. The van der Waals surface area contributed by atoms with Crippen molar-refractivity contribution in [1.29, 1.82) is 10.5 Å². The van der Waals surface area contributed by atoms with Crippen LogP contribution in [0, 0.1) is 22.7 Å². The molecule has 0 spiro atoms. The molecular weight excluding hydrogens is 811 g/mol. The number of carbonyl (C=O) groups excluding carboxylic acids is 1. The zero-order valence-corrected chi connectivity index (χ0v) is 30.4. The molecule has 2 heterocycles. The quantitative estimate of drug-likeness (QED) is 0.135. The summed E-state index contributed by atoms with van der Waals surface area (Å²) in [5.74, 6) is 2.24. The number of carbonyl (C=O) groups is 1. The smallest absolute Gasteiger partial charge is 0.184 e. The van der Waals surface area contributed by atoms with Crippen molar-refractivity contribution in [2.75, 3.05) is 0 Å². The molecule has 0 aliphatic carbocycles. The van der Waals surface area contributed by atoms with Gasteiger partial charge in [0.2, 0.25) is 0 Å². The molecule has 0 amide bonds. The fourth-order valence-corrected chi connectivity index (χ4v) is 5.63. The normalized spacial score (nSPS) is 11.0. The highest BCUT2D eigenvalue weighted by molar-refractivity contribution is 9.10. The lowest BCUT2D eigenvalue weighted by Gasteiger charge is -2.15. The monoisotopic (exact) mass is 832 g/mol. The second-order valence-electron chi connectivity index (χ2n) is 10.4. The summed E-state index contributed by atoms with van der Waals surface area (Å²) in [5, 5.41) is 29.1. The van der Waals surface area contributed by atoms with Crippen LogP contribution >= 0.6 is 55.1 Å². The van der Waals surface area contributed by atoms with Crippen LogP contribution in [0.5, 0.6) is 23.0 Å². The number of rotatable bonds is 10. The van der Waals surface area contributed by atoms with E-state index in [2.05, 4.69) is 41.8 Å². The summed E-state index contributed by atoms with van der Waals surface area (Å²) < 4.78 is 16.4. The van der Waals surface area contributed by atoms with Gasteiger partial charge in [-0.15, -0.1) is 0 Å². The van der Waals surface area contributed by atoms with Crippen LogP contribution in [-0.4, -0.2) is 30.0 Å². The first-order valence-electron chi connectivity index (χ1n) is 14.6. The number of aliphatic hydroxyl groups is 1. The Kier molecular flexibility index (Phi) is 12.4. The summed E-state index contributed by atoms with van der Waals surface area (Å²) in [6.45, 7) is 0.186. The van der Waals surface area contributed by atoms with Crippen LogP contribution in [0.4, 0.5) is 0 Å². The standard InChI is InChI=1S/C18H13BrClN3O2.C18H11BrClN3O2/c2*19-12-1-3-14(4-2-12)25-15-5-6-16(17(20)7-15)18(24)10-23-11-22-9-13(23)8-21/h1-7,9,11,18,24H,10H2;1-7,9,11H,10H2. The van der Waals surface area contributed by atoms with Gasteiger partial charge in [-0.25, -0.2) is 9.97 Å². The molecule has 6 rings (SSSR count). The SMILES string of the molecule is N#Cc1cncn1CC(=O)c1ccc(Oc2ccc(Br)cc2)cc1Cl.N#Cc1cncn1CC(O)c1ccc(Oc2ccc(Br)cc2)cc1Cl. The fraction of sp³-hybridized carbons (Fsp3) is 0.0833.